The van der Waals surface area contributed by atoms with E-state index < -0.39 is 0 Å². The molecule has 48 heavy (non-hydrogen) atoms. The first-order chi connectivity index (χ1) is 23.6. The van der Waals surface area contributed by atoms with Crippen molar-refractivity contribution in [2.45, 2.75) is 193 Å². The lowest BCUT2D eigenvalue weighted by molar-refractivity contribution is -0.179. The monoisotopic (exact) mass is 671 g/mol. The van der Waals surface area contributed by atoms with Crippen LogP contribution in [0.25, 0.3) is 0 Å². The predicted octanol–water partition coefficient (Wildman–Crippen LogP) is 12.7. The van der Waals surface area contributed by atoms with Gasteiger partial charge >= 0.3 is 0 Å². The first-order valence-electron chi connectivity index (χ1n) is 20.9. The van der Waals surface area contributed by atoms with E-state index in [1.165, 1.54) is 141 Å². The van der Waals surface area contributed by atoms with Gasteiger partial charge < -0.3 is 19.7 Å². The van der Waals surface area contributed by atoms with Crippen LogP contribution in [0, 0.1) is 0 Å². The zero-order valence-corrected chi connectivity index (χ0v) is 32.7. The van der Waals surface area contributed by atoms with Gasteiger partial charge in [-0.2, -0.15) is 0 Å². The number of nitrogens with zero attached hydrogens (tertiary/aromatic N) is 1. The molecule has 0 aromatic carbocycles. The van der Waals surface area contributed by atoms with Crippen LogP contribution >= 0.6 is 0 Å². The average Bonchev–Trinajstić information content (AvgIpc) is 3.49. The number of unbranched alkanes of at least 4 members (excludes halogenated alkanes) is 18. The first kappa shape index (κ1) is 44.8. The van der Waals surface area contributed by atoms with Gasteiger partial charge in [0.25, 0.3) is 0 Å². The molecule has 1 aliphatic rings. The summed E-state index contributed by atoms with van der Waals surface area (Å²) in [7, 11) is 4.25. The van der Waals surface area contributed by atoms with Crippen LogP contribution in [0.15, 0.2) is 48.6 Å². The average molecular weight is 671 g/mol. The molecule has 4 nitrogen and oxygen atoms in total. The maximum atomic E-state index is 6.68. The lowest BCUT2D eigenvalue weighted by atomic mass is 9.98. The highest BCUT2D eigenvalue weighted by Crippen LogP contribution is 2.34. The Labute approximate surface area is 300 Å². The van der Waals surface area contributed by atoms with Crippen molar-refractivity contribution in [3.8, 4) is 0 Å². The topological polar surface area (TPSA) is 33.7 Å². The Morgan fingerprint density at radius 3 is 1.42 bits per heavy atom. The van der Waals surface area contributed by atoms with Gasteiger partial charge in [0.1, 0.15) is 0 Å². The van der Waals surface area contributed by atoms with E-state index in [1.54, 1.807) is 0 Å². The summed E-state index contributed by atoms with van der Waals surface area (Å²) in [5.41, 5.74) is 0. The molecule has 1 atom stereocenters. The van der Waals surface area contributed by atoms with Gasteiger partial charge in [0, 0.05) is 32.5 Å². The number of allylic oxidation sites excluding steroid dienone is 8. The van der Waals surface area contributed by atoms with Gasteiger partial charge in [-0.05, 0) is 91.1 Å². The molecule has 0 spiro atoms. The molecule has 0 aromatic rings. The summed E-state index contributed by atoms with van der Waals surface area (Å²) >= 11 is 0. The third-order valence-electron chi connectivity index (χ3n) is 9.54. The van der Waals surface area contributed by atoms with Crippen LogP contribution in [0.2, 0.25) is 0 Å². The fourth-order valence-corrected chi connectivity index (χ4v) is 6.44. The highest BCUT2D eigenvalue weighted by Gasteiger charge is 2.40. The van der Waals surface area contributed by atoms with Crippen LogP contribution in [0.5, 0.6) is 0 Å². The van der Waals surface area contributed by atoms with E-state index >= 15 is 0 Å². The van der Waals surface area contributed by atoms with Crippen molar-refractivity contribution >= 4 is 0 Å². The van der Waals surface area contributed by atoms with Gasteiger partial charge in [0.15, 0.2) is 5.79 Å². The van der Waals surface area contributed by atoms with Crippen LogP contribution in [-0.2, 0) is 9.47 Å². The molecule has 1 aliphatic heterocycles. The normalized spacial score (nSPS) is 16.7. The van der Waals surface area contributed by atoms with Crippen LogP contribution in [-0.4, -0.2) is 57.1 Å². The highest BCUT2D eigenvalue weighted by molar-refractivity contribution is 4.93. The SMILES string of the molecule is CCCCC/C=C\C/C=C\CCCCCCCCC1(CCCCCCCC/C=C\C/C=C\CCCCC)OCC(CNCCN(C)C)O1. The summed E-state index contributed by atoms with van der Waals surface area (Å²) in [5.74, 6) is -0.349. The van der Waals surface area contributed by atoms with Crippen LogP contribution < -0.4 is 5.32 Å². The highest BCUT2D eigenvalue weighted by atomic mass is 16.7. The lowest BCUT2D eigenvalue weighted by Gasteiger charge is -2.28. The van der Waals surface area contributed by atoms with Gasteiger partial charge in [-0.15, -0.1) is 0 Å². The molecule has 1 rings (SSSR count). The molecule has 1 fully saturated rings. The zero-order chi connectivity index (χ0) is 34.6. The summed E-state index contributed by atoms with van der Waals surface area (Å²) in [5, 5.41) is 3.58. The van der Waals surface area contributed by atoms with Gasteiger partial charge in [-0.3, -0.25) is 0 Å². The van der Waals surface area contributed by atoms with Crippen molar-refractivity contribution < 1.29 is 9.47 Å². The Morgan fingerprint density at radius 1 is 0.562 bits per heavy atom. The molecule has 1 heterocycles. The molecule has 0 amide bonds. The van der Waals surface area contributed by atoms with Gasteiger partial charge in [0.05, 0.1) is 12.7 Å². The van der Waals surface area contributed by atoms with E-state index in [2.05, 4.69) is 86.8 Å². The summed E-state index contributed by atoms with van der Waals surface area (Å²) in [6.07, 6.45) is 52.0. The minimum atomic E-state index is -0.349. The van der Waals surface area contributed by atoms with Crippen molar-refractivity contribution in [2.24, 2.45) is 0 Å². The van der Waals surface area contributed by atoms with Crippen LogP contribution in [0.4, 0.5) is 0 Å². The largest absolute Gasteiger partial charge is 0.347 e. The summed E-state index contributed by atoms with van der Waals surface area (Å²) in [6.45, 7) is 8.22. The fraction of sp³-hybridized carbons (Fsp3) is 0.818. The molecule has 0 radical (unpaired) electrons. The summed E-state index contributed by atoms with van der Waals surface area (Å²) in [6, 6.07) is 0. The Morgan fingerprint density at radius 2 is 0.979 bits per heavy atom. The molecule has 4 heteroatoms. The number of ether oxygens (including phenoxy) is 2. The molecule has 280 valence electrons. The minimum absolute atomic E-state index is 0.182. The quantitative estimate of drug-likeness (QED) is 0.0537. The van der Waals surface area contributed by atoms with E-state index in [0.717, 1.165) is 51.9 Å². The van der Waals surface area contributed by atoms with E-state index in [9.17, 15) is 0 Å². The second-order valence-corrected chi connectivity index (χ2v) is 14.6. The van der Waals surface area contributed by atoms with E-state index in [0.29, 0.717) is 0 Å². The Bertz CT molecular complexity index is 739. The fourth-order valence-electron chi connectivity index (χ4n) is 6.44. The van der Waals surface area contributed by atoms with Crippen molar-refractivity contribution in [1.29, 1.82) is 0 Å². The number of hydrogen-bond donors (Lipinski definition) is 1. The summed E-state index contributed by atoms with van der Waals surface area (Å²) in [4.78, 5) is 2.22. The van der Waals surface area contributed by atoms with Crippen LogP contribution in [0.3, 0.4) is 0 Å². The van der Waals surface area contributed by atoms with Gasteiger partial charge in [0.2, 0.25) is 0 Å². The summed E-state index contributed by atoms with van der Waals surface area (Å²) < 4.78 is 13.2. The maximum Gasteiger partial charge on any atom is 0.168 e. The molecular weight excluding hydrogens is 588 g/mol. The molecule has 0 aromatic heterocycles. The predicted molar refractivity (Wildman–Crippen MR) is 213 cm³/mol. The lowest BCUT2D eigenvalue weighted by Crippen LogP contribution is -2.36. The molecule has 0 saturated carbocycles. The second-order valence-electron chi connectivity index (χ2n) is 14.6. The molecular formula is C44H82N2O2. The van der Waals surface area contributed by atoms with Gasteiger partial charge in [-0.25, -0.2) is 0 Å². The maximum absolute atomic E-state index is 6.68. The van der Waals surface area contributed by atoms with Crippen molar-refractivity contribution in [3.05, 3.63) is 48.6 Å². The number of hydrogen-bond acceptors (Lipinski definition) is 4. The Balaban J connectivity index is 2.21. The van der Waals surface area contributed by atoms with Gasteiger partial charge in [-0.1, -0.05) is 140 Å². The first-order valence-corrected chi connectivity index (χ1v) is 20.9. The molecule has 1 saturated heterocycles. The second kappa shape index (κ2) is 34.3. The van der Waals surface area contributed by atoms with Crippen molar-refractivity contribution in [2.75, 3.05) is 40.3 Å². The minimum Gasteiger partial charge on any atom is -0.347 e. The van der Waals surface area contributed by atoms with E-state index in [1.807, 2.05) is 0 Å². The number of likely N-dealkylation sites (N-methyl/N-ethyl adjacent to an activating group) is 1. The zero-order valence-electron chi connectivity index (χ0n) is 32.7. The standard InChI is InChI=1S/C44H82N2O2/c1-5-7-9-11-13-15-17-19-21-23-25-27-29-31-33-35-37-44(47-42-43(48-44)41-45-39-40-46(3)4)38-36-34-32-30-28-26-24-22-20-18-16-14-12-10-8-6-2/h13-16,19-22,43,45H,5-12,17-18,23-42H2,1-4H3/b15-13-,16-14-,21-19-,22-20-. The smallest absolute Gasteiger partial charge is 0.168 e. The number of rotatable bonds is 35. The van der Waals surface area contributed by atoms with Crippen molar-refractivity contribution in [3.63, 3.8) is 0 Å². The van der Waals surface area contributed by atoms with Crippen LogP contribution in [0.1, 0.15) is 181 Å². The number of nitrogens with one attached hydrogen (secondary N) is 1. The van der Waals surface area contributed by atoms with E-state index in [4.69, 9.17) is 9.47 Å². The third-order valence-corrected chi connectivity index (χ3v) is 9.54. The molecule has 1 unspecified atom stereocenters. The Kier molecular flexibility index (Phi) is 32.0. The molecule has 0 aliphatic carbocycles. The van der Waals surface area contributed by atoms with Crippen molar-refractivity contribution in [1.82, 2.24) is 10.2 Å². The Hall–Kier alpha value is -1.20. The molecule has 0 bridgehead atoms. The van der Waals surface area contributed by atoms with E-state index in [-0.39, 0.29) is 11.9 Å². The molecule has 1 N–H and O–H groups in total. The third kappa shape index (κ3) is 28.6.